The predicted octanol–water partition coefficient (Wildman–Crippen LogP) is 6.45. The molecule has 2 N–H and O–H groups in total. The Balaban J connectivity index is 1.50. The number of nitrogen functional groups attached to an aromatic ring is 1. The van der Waals surface area contributed by atoms with E-state index >= 15 is 0 Å². The smallest absolute Gasteiger partial charge is 0.205 e. The minimum Gasteiger partial charge on any atom is -0.496 e. The van der Waals surface area contributed by atoms with Crippen LogP contribution in [0.25, 0.3) is 32.6 Å². The zero-order chi connectivity index (χ0) is 22.1. The van der Waals surface area contributed by atoms with Gasteiger partial charge in [-0.2, -0.15) is 0 Å². The number of hydrogen-bond acceptors (Lipinski definition) is 5. The Labute approximate surface area is 189 Å². The van der Waals surface area contributed by atoms with E-state index in [1.807, 2.05) is 91.0 Å². The summed E-state index contributed by atoms with van der Waals surface area (Å²) in [5, 5.41) is 0.790. The van der Waals surface area contributed by atoms with Crippen LogP contribution in [0, 0.1) is 0 Å². The minimum atomic E-state index is -0.0936. The number of para-hydroxylation sites is 1. The van der Waals surface area contributed by atoms with Crippen LogP contribution in [0.1, 0.15) is 15.2 Å². The zero-order valence-corrected chi connectivity index (χ0v) is 18.2. The van der Waals surface area contributed by atoms with E-state index in [0.29, 0.717) is 16.1 Å². The van der Waals surface area contributed by atoms with Crippen LogP contribution >= 0.6 is 11.3 Å². The second-order valence-corrected chi connectivity index (χ2v) is 8.37. The second kappa shape index (κ2) is 8.29. The fourth-order valence-electron chi connectivity index (χ4n) is 3.75. The molecule has 0 bridgehead atoms. The lowest BCUT2D eigenvalue weighted by Crippen LogP contribution is -2.01. The molecule has 3 aromatic carbocycles. The molecule has 0 atom stereocenters. The molecule has 0 amide bonds. The van der Waals surface area contributed by atoms with Gasteiger partial charge in [0.1, 0.15) is 15.5 Å². The van der Waals surface area contributed by atoms with Gasteiger partial charge in [-0.3, -0.25) is 4.79 Å². The van der Waals surface area contributed by atoms with Crippen molar-refractivity contribution in [3.63, 3.8) is 0 Å². The van der Waals surface area contributed by atoms with Gasteiger partial charge in [-0.1, -0.05) is 66.7 Å². The van der Waals surface area contributed by atoms with Crippen LogP contribution in [-0.2, 0) is 0 Å². The SMILES string of the molecule is COc1ccccc1-c1ccc2c(N)c(C(=O)c3ccc(-c4ccccc4)cc3)sc2n1. The molecule has 0 aliphatic carbocycles. The molecular weight excluding hydrogens is 416 g/mol. The summed E-state index contributed by atoms with van der Waals surface area (Å²) in [7, 11) is 1.64. The average Bonchev–Trinajstić information content (AvgIpc) is 3.19. The Bertz CT molecular complexity index is 1420. The first kappa shape index (κ1) is 20.0. The van der Waals surface area contributed by atoms with Crippen LogP contribution in [0.2, 0.25) is 0 Å². The summed E-state index contributed by atoms with van der Waals surface area (Å²) in [6.07, 6.45) is 0. The molecule has 0 aliphatic rings. The van der Waals surface area contributed by atoms with Gasteiger partial charge >= 0.3 is 0 Å². The van der Waals surface area contributed by atoms with Crippen molar-refractivity contribution < 1.29 is 9.53 Å². The van der Waals surface area contributed by atoms with Gasteiger partial charge in [0.05, 0.1) is 18.5 Å². The highest BCUT2D eigenvalue weighted by molar-refractivity contribution is 7.21. The lowest BCUT2D eigenvalue weighted by atomic mass is 10.0. The van der Waals surface area contributed by atoms with Gasteiger partial charge in [0.25, 0.3) is 0 Å². The third-order valence-corrected chi connectivity index (χ3v) is 6.55. The van der Waals surface area contributed by atoms with E-state index in [4.69, 9.17) is 15.5 Å². The van der Waals surface area contributed by atoms with Crippen molar-refractivity contribution in [3.05, 3.63) is 101 Å². The Morgan fingerprint density at radius 1 is 0.844 bits per heavy atom. The largest absolute Gasteiger partial charge is 0.496 e. The number of ketones is 1. The summed E-state index contributed by atoms with van der Waals surface area (Å²) in [4.78, 5) is 19.2. The highest BCUT2D eigenvalue weighted by Crippen LogP contribution is 2.37. The van der Waals surface area contributed by atoms with Crippen LogP contribution in [0.3, 0.4) is 0 Å². The van der Waals surface area contributed by atoms with Gasteiger partial charge in [-0.15, -0.1) is 11.3 Å². The molecule has 0 saturated carbocycles. The first-order chi connectivity index (χ1) is 15.7. The number of aromatic nitrogens is 1. The summed E-state index contributed by atoms with van der Waals surface area (Å²) >= 11 is 1.32. The predicted molar refractivity (Wildman–Crippen MR) is 131 cm³/mol. The minimum absolute atomic E-state index is 0.0936. The maximum Gasteiger partial charge on any atom is 0.205 e. The first-order valence-corrected chi connectivity index (χ1v) is 11.0. The Hall–Kier alpha value is -3.96. The normalized spacial score (nSPS) is 10.9. The summed E-state index contributed by atoms with van der Waals surface area (Å²) in [6.45, 7) is 0. The lowest BCUT2D eigenvalue weighted by molar-refractivity contribution is 0.104. The number of ether oxygens (including phenoxy) is 1. The molecule has 0 fully saturated rings. The van der Waals surface area contributed by atoms with E-state index in [1.54, 1.807) is 7.11 Å². The van der Waals surface area contributed by atoms with Crippen molar-refractivity contribution in [2.75, 3.05) is 12.8 Å². The fourth-order valence-corrected chi connectivity index (χ4v) is 4.80. The van der Waals surface area contributed by atoms with Crippen molar-refractivity contribution in [3.8, 4) is 28.1 Å². The number of fused-ring (bicyclic) bond motifs is 1. The monoisotopic (exact) mass is 436 g/mol. The van der Waals surface area contributed by atoms with E-state index in [1.165, 1.54) is 11.3 Å². The highest BCUT2D eigenvalue weighted by Gasteiger charge is 2.20. The summed E-state index contributed by atoms with van der Waals surface area (Å²) in [5.41, 5.74) is 11.3. The average molecular weight is 437 g/mol. The van der Waals surface area contributed by atoms with Gasteiger partial charge in [0.2, 0.25) is 5.78 Å². The molecule has 4 nitrogen and oxygen atoms in total. The number of hydrogen-bond donors (Lipinski definition) is 1. The number of carbonyl (C=O) groups is 1. The van der Waals surface area contributed by atoms with Crippen LogP contribution < -0.4 is 10.5 Å². The number of carbonyl (C=O) groups excluding carboxylic acids is 1. The van der Waals surface area contributed by atoms with Crippen molar-refractivity contribution >= 4 is 33.0 Å². The molecule has 2 aromatic heterocycles. The Morgan fingerprint density at radius 3 is 2.28 bits per heavy atom. The van der Waals surface area contributed by atoms with E-state index in [-0.39, 0.29) is 5.78 Å². The van der Waals surface area contributed by atoms with Crippen molar-refractivity contribution in [2.24, 2.45) is 0 Å². The second-order valence-electron chi connectivity index (χ2n) is 7.37. The highest BCUT2D eigenvalue weighted by atomic mass is 32.1. The van der Waals surface area contributed by atoms with Crippen molar-refractivity contribution in [2.45, 2.75) is 0 Å². The van der Waals surface area contributed by atoms with Crippen LogP contribution in [0.15, 0.2) is 91.0 Å². The van der Waals surface area contributed by atoms with Gasteiger partial charge in [-0.25, -0.2) is 4.98 Å². The standard InChI is InChI=1S/C27H20N2O2S/c1-31-23-10-6-5-9-20(23)22-16-15-21-24(28)26(32-27(21)29-22)25(30)19-13-11-18(12-14-19)17-7-3-2-4-8-17/h2-16H,28H2,1H3. The molecular formula is C27H20N2O2S. The summed E-state index contributed by atoms with van der Waals surface area (Å²) in [5.74, 6) is 0.655. The molecule has 32 heavy (non-hydrogen) atoms. The molecule has 5 aromatic rings. The third-order valence-electron chi connectivity index (χ3n) is 5.44. The number of benzene rings is 3. The van der Waals surface area contributed by atoms with Crippen LogP contribution in [0.4, 0.5) is 5.69 Å². The van der Waals surface area contributed by atoms with E-state index in [9.17, 15) is 4.79 Å². The molecule has 5 rings (SSSR count). The number of rotatable bonds is 5. The number of methoxy groups -OCH3 is 1. The molecule has 156 valence electrons. The number of thiophene rings is 1. The number of nitrogens with two attached hydrogens (primary N) is 1. The van der Waals surface area contributed by atoms with Gasteiger partial charge in [-0.05, 0) is 35.4 Å². The van der Waals surface area contributed by atoms with Crippen molar-refractivity contribution in [1.82, 2.24) is 4.98 Å². The summed E-state index contributed by atoms with van der Waals surface area (Å²) in [6, 6.07) is 29.3. The molecule has 0 aliphatic heterocycles. The first-order valence-electron chi connectivity index (χ1n) is 10.2. The van der Waals surface area contributed by atoms with E-state index < -0.39 is 0 Å². The van der Waals surface area contributed by atoms with Crippen LogP contribution in [-0.4, -0.2) is 17.9 Å². The Kier molecular flexibility index (Phi) is 5.17. The molecule has 0 spiro atoms. The third kappa shape index (κ3) is 3.53. The van der Waals surface area contributed by atoms with E-state index in [0.717, 1.165) is 38.4 Å². The molecule has 0 unspecified atom stereocenters. The van der Waals surface area contributed by atoms with Gasteiger partial charge < -0.3 is 10.5 Å². The zero-order valence-electron chi connectivity index (χ0n) is 17.4. The molecule has 2 heterocycles. The number of anilines is 1. The number of nitrogens with zero attached hydrogens (tertiary/aromatic N) is 1. The Morgan fingerprint density at radius 2 is 1.53 bits per heavy atom. The summed E-state index contributed by atoms with van der Waals surface area (Å²) < 4.78 is 5.46. The topological polar surface area (TPSA) is 65.2 Å². The van der Waals surface area contributed by atoms with Crippen molar-refractivity contribution in [1.29, 1.82) is 0 Å². The van der Waals surface area contributed by atoms with E-state index in [2.05, 4.69) is 0 Å². The maximum absolute atomic E-state index is 13.2. The molecule has 0 saturated heterocycles. The fraction of sp³-hybridized carbons (Fsp3) is 0.0370. The quantitative estimate of drug-likeness (QED) is 0.322. The molecule has 0 radical (unpaired) electrons. The van der Waals surface area contributed by atoms with Gasteiger partial charge in [0, 0.05) is 16.5 Å². The number of pyridine rings is 1. The maximum atomic E-state index is 13.2. The van der Waals surface area contributed by atoms with Crippen LogP contribution in [0.5, 0.6) is 5.75 Å². The molecule has 5 heteroatoms. The lowest BCUT2D eigenvalue weighted by Gasteiger charge is -2.07. The van der Waals surface area contributed by atoms with Gasteiger partial charge in [0.15, 0.2) is 0 Å².